The zero-order valence-electron chi connectivity index (χ0n) is 13.3. The molecule has 0 aliphatic heterocycles. The molecule has 3 heterocycles. The molecule has 0 radical (unpaired) electrons. The topological polar surface area (TPSA) is 63.6 Å². The molecule has 5 nitrogen and oxygen atoms in total. The molecule has 1 N–H and O–H groups in total. The number of benzene rings is 2. The number of nitrogens with one attached hydrogen (secondary N) is 1. The Morgan fingerprint density at radius 1 is 1.00 bits per heavy atom. The third-order valence-electron chi connectivity index (χ3n) is 4.25. The van der Waals surface area contributed by atoms with Crippen molar-refractivity contribution in [3.63, 3.8) is 0 Å². The Kier molecular flexibility index (Phi) is 3.41. The average Bonchev–Trinajstić information content (AvgIpc) is 3.29. The Morgan fingerprint density at radius 3 is 2.69 bits per heavy atom. The summed E-state index contributed by atoms with van der Waals surface area (Å²) in [5.41, 5.74) is 4.12. The van der Waals surface area contributed by atoms with Crippen molar-refractivity contribution in [2.75, 3.05) is 0 Å². The van der Waals surface area contributed by atoms with Crippen LogP contribution in [0, 0.1) is 0 Å². The lowest BCUT2D eigenvalue weighted by molar-refractivity contribution is 0.968. The predicted molar refractivity (Wildman–Crippen MR) is 105 cm³/mol. The average molecular weight is 379 g/mol. The molecule has 0 aliphatic carbocycles. The van der Waals surface area contributed by atoms with Gasteiger partial charge in [-0.25, -0.2) is 9.97 Å². The van der Waals surface area contributed by atoms with E-state index in [2.05, 4.69) is 15.0 Å². The van der Waals surface area contributed by atoms with Gasteiger partial charge in [0.15, 0.2) is 0 Å². The minimum Gasteiger partial charge on any atom is -0.345 e. The van der Waals surface area contributed by atoms with Crippen molar-refractivity contribution in [2.24, 2.45) is 0 Å². The molecule has 0 saturated carbocycles. The summed E-state index contributed by atoms with van der Waals surface area (Å²) in [7, 11) is 0. The van der Waals surface area contributed by atoms with Gasteiger partial charge in [0.2, 0.25) is 0 Å². The van der Waals surface area contributed by atoms with Crippen LogP contribution in [0.25, 0.3) is 37.4 Å². The number of hydrogen-bond donors (Lipinski definition) is 1. The van der Waals surface area contributed by atoms with Gasteiger partial charge in [-0.05, 0) is 42.0 Å². The zero-order valence-corrected chi connectivity index (χ0v) is 14.9. The van der Waals surface area contributed by atoms with Crippen LogP contribution in [-0.2, 0) is 0 Å². The van der Waals surface area contributed by atoms with Crippen LogP contribution in [-0.4, -0.2) is 19.5 Å². The maximum Gasteiger partial charge on any atom is 0.275 e. The summed E-state index contributed by atoms with van der Waals surface area (Å²) in [6, 6.07) is 15.1. The molecule has 7 heteroatoms. The fourth-order valence-electron chi connectivity index (χ4n) is 2.93. The monoisotopic (exact) mass is 378 g/mol. The quantitative estimate of drug-likeness (QED) is 0.486. The van der Waals surface area contributed by atoms with E-state index in [1.165, 1.54) is 11.3 Å². The minimum atomic E-state index is -0.0842. The molecule has 0 atom stereocenters. The number of halogens is 1. The summed E-state index contributed by atoms with van der Waals surface area (Å²) in [4.78, 5) is 25.7. The van der Waals surface area contributed by atoms with Gasteiger partial charge >= 0.3 is 0 Å². The predicted octanol–water partition coefficient (Wildman–Crippen LogP) is 4.64. The first-order chi connectivity index (χ1) is 12.7. The highest BCUT2D eigenvalue weighted by Crippen LogP contribution is 2.31. The van der Waals surface area contributed by atoms with Gasteiger partial charge in [-0.2, -0.15) is 0 Å². The van der Waals surface area contributed by atoms with Gasteiger partial charge in [0, 0.05) is 9.90 Å². The van der Waals surface area contributed by atoms with Crippen LogP contribution in [0.3, 0.4) is 0 Å². The summed E-state index contributed by atoms with van der Waals surface area (Å²) in [5, 5.41) is 0.685. The number of nitrogens with zero attached hydrogens (tertiary/aromatic N) is 3. The van der Waals surface area contributed by atoms with Crippen LogP contribution in [0.15, 0.2) is 66.0 Å². The lowest BCUT2D eigenvalue weighted by atomic mass is 10.2. The van der Waals surface area contributed by atoms with E-state index in [4.69, 9.17) is 11.6 Å². The SMILES string of the molecule is O=c1c2sc(-c3ccc(Cl)cc3)cc2ncn1-c1ccc2nc[nH]c2c1. The lowest BCUT2D eigenvalue weighted by Gasteiger charge is -2.04. The molecule has 126 valence electrons. The lowest BCUT2D eigenvalue weighted by Crippen LogP contribution is -2.17. The van der Waals surface area contributed by atoms with Crippen molar-refractivity contribution in [1.82, 2.24) is 19.5 Å². The second kappa shape index (κ2) is 5.79. The van der Waals surface area contributed by atoms with Gasteiger partial charge in [-0.1, -0.05) is 23.7 Å². The van der Waals surface area contributed by atoms with Crippen LogP contribution in [0.4, 0.5) is 0 Å². The molecule has 0 saturated heterocycles. The molecule has 5 aromatic rings. The van der Waals surface area contributed by atoms with Gasteiger partial charge in [0.25, 0.3) is 5.56 Å². The van der Waals surface area contributed by atoms with Crippen LogP contribution in [0.5, 0.6) is 0 Å². The number of thiophene rings is 1. The highest BCUT2D eigenvalue weighted by atomic mass is 35.5. The number of rotatable bonds is 2. The van der Waals surface area contributed by atoms with Crippen molar-refractivity contribution in [3.8, 4) is 16.1 Å². The van der Waals surface area contributed by atoms with E-state index >= 15 is 0 Å². The summed E-state index contributed by atoms with van der Waals surface area (Å²) in [6.07, 6.45) is 3.21. The van der Waals surface area contributed by atoms with E-state index in [9.17, 15) is 4.79 Å². The number of hydrogen-bond acceptors (Lipinski definition) is 4. The molecule has 0 amide bonds. The first-order valence-electron chi connectivity index (χ1n) is 7.90. The van der Waals surface area contributed by atoms with E-state index in [1.807, 2.05) is 48.5 Å². The van der Waals surface area contributed by atoms with Crippen molar-refractivity contribution in [2.45, 2.75) is 0 Å². The molecular weight excluding hydrogens is 368 g/mol. The molecule has 0 spiro atoms. The number of fused-ring (bicyclic) bond motifs is 2. The number of aromatic nitrogens is 4. The van der Waals surface area contributed by atoms with Gasteiger partial charge in [0.1, 0.15) is 11.0 Å². The minimum absolute atomic E-state index is 0.0842. The third-order valence-corrected chi connectivity index (χ3v) is 5.66. The fourth-order valence-corrected chi connectivity index (χ4v) is 4.10. The molecule has 0 unspecified atom stereocenters. The maximum atomic E-state index is 13.0. The number of aromatic amines is 1. The summed E-state index contributed by atoms with van der Waals surface area (Å²) < 4.78 is 2.19. The van der Waals surface area contributed by atoms with Crippen molar-refractivity contribution >= 4 is 44.2 Å². The molecule has 5 rings (SSSR count). The highest BCUT2D eigenvalue weighted by molar-refractivity contribution is 7.22. The summed E-state index contributed by atoms with van der Waals surface area (Å²) >= 11 is 7.39. The molecule has 0 fully saturated rings. The Balaban J connectivity index is 1.67. The second-order valence-electron chi connectivity index (χ2n) is 5.86. The summed E-state index contributed by atoms with van der Waals surface area (Å²) in [5.74, 6) is 0. The molecule has 26 heavy (non-hydrogen) atoms. The number of imidazole rings is 1. The van der Waals surface area contributed by atoms with Gasteiger partial charge in [0.05, 0.1) is 28.6 Å². The Hall–Kier alpha value is -2.96. The smallest absolute Gasteiger partial charge is 0.275 e. The second-order valence-corrected chi connectivity index (χ2v) is 7.34. The van der Waals surface area contributed by atoms with E-state index in [0.717, 1.165) is 27.2 Å². The van der Waals surface area contributed by atoms with Crippen LogP contribution < -0.4 is 5.56 Å². The standard InChI is InChI=1S/C19H11ClN4OS/c20-12-3-1-11(2-4-12)17-8-16-18(26-17)19(25)24(10-23-16)13-5-6-14-15(7-13)22-9-21-14/h1-10H,(H,21,22). The zero-order chi connectivity index (χ0) is 17.7. The first-order valence-corrected chi connectivity index (χ1v) is 9.09. The molecular formula is C19H11ClN4OS. The van der Waals surface area contributed by atoms with Crippen LogP contribution >= 0.6 is 22.9 Å². The van der Waals surface area contributed by atoms with Crippen LogP contribution in [0.2, 0.25) is 5.02 Å². The molecule has 0 aliphatic rings. The van der Waals surface area contributed by atoms with Crippen molar-refractivity contribution < 1.29 is 0 Å². The fraction of sp³-hybridized carbons (Fsp3) is 0. The van der Waals surface area contributed by atoms with Crippen molar-refractivity contribution in [3.05, 3.63) is 76.6 Å². The van der Waals surface area contributed by atoms with Crippen molar-refractivity contribution in [1.29, 1.82) is 0 Å². The largest absolute Gasteiger partial charge is 0.345 e. The molecule has 0 bridgehead atoms. The highest BCUT2D eigenvalue weighted by Gasteiger charge is 2.12. The van der Waals surface area contributed by atoms with E-state index in [1.54, 1.807) is 17.2 Å². The third kappa shape index (κ3) is 2.42. The maximum absolute atomic E-state index is 13.0. The Labute approximate surface area is 156 Å². The first kappa shape index (κ1) is 15.3. The van der Waals surface area contributed by atoms with Gasteiger partial charge < -0.3 is 4.98 Å². The number of H-pyrrole nitrogens is 1. The normalized spacial score (nSPS) is 11.4. The van der Waals surface area contributed by atoms with E-state index in [-0.39, 0.29) is 5.56 Å². The van der Waals surface area contributed by atoms with Gasteiger partial charge in [-0.15, -0.1) is 11.3 Å². The molecule has 2 aromatic carbocycles. The Morgan fingerprint density at radius 2 is 1.85 bits per heavy atom. The van der Waals surface area contributed by atoms with E-state index < -0.39 is 0 Å². The summed E-state index contributed by atoms with van der Waals surface area (Å²) in [6.45, 7) is 0. The van der Waals surface area contributed by atoms with Gasteiger partial charge in [-0.3, -0.25) is 9.36 Å². The Bertz CT molecular complexity index is 1320. The van der Waals surface area contributed by atoms with Crippen LogP contribution in [0.1, 0.15) is 0 Å². The molecule has 3 aromatic heterocycles. The van der Waals surface area contributed by atoms with E-state index in [0.29, 0.717) is 15.2 Å².